The second-order valence-electron chi connectivity index (χ2n) is 6.16. The van der Waals surface area contributed by atoms with Crippen LogP contribution in [0.25, 0.3) is 10.6 Å². The van der Waals surface area contributed by atoms with Gasteiger partial charge in [0.05, 0.1) is 17.0 Å². The summed E-state index contributed by atoms with van der Waals surface area (Å²) in [4.78, 5) is 5.74. The van der Waals surface area contributed by atoms with Crippen LogP contribution in [0.15, 0.2) is 34.2 Å². The minimum atomic E-state index is -3.20. The van der Waals surface area contributed by atoms with E-state index in [-0.39, 0.29) is 12.1 Å². The lowest BCUT2D eigenvalue weighted by Gasteiger charge is -2.23. The van der Waals surface area contributed by atoms with Gasteiger partial charge in [-0.1, -0.05) is 36.3 Å². The molecule has 2 atom stereocenters. The molecule has 24 heavy (non-hydrogen) atoms. The molecule has 1 fully saturated rings. The predicted octanol–water partition coefficient (Wildman–Crippen LogP) is 1.76. The van der Waals surface area contributed by atoms with Crippen molar-refractivity contribution in [3.8, 4) is 10.6 Å². The van der Waals surface area contributed by atoms with Crippen molar-refractivity contribution in [3.63, 3.8) is 0 Å². The third kappa shape index (κ3) is 3.76. The third-order valence-corrected chi connectivity index (χ3v) is 6.40. The highest BCUT2D eigenvalue weighted by Gasteiger charge is 2.22. The van der Waals surface area contributed by atoms with Crippen LogP contribution in [0.3, 0.4) is 0 Å². The average Bonchev–Trinajstić information content (AvgIpc) is 2.90. The van der Waals surface area contributed by atoms with Gasteiger partial charge < -0.3 is 5.11 Å². The summed E-state index contributed by atoms with van der Waals surface area (Å²) in [7, 11) is -1.37. The summed E-state index contributed by atoms with van der Waals surface area (Å²) in [6.07, 6.45) is 4.66. The van der Waals surface area contributed by atoms with Crippen LogP contribution in [0.2, 0.25) is 0 Å². The summed E-state index contributed by atoms with van der Waals surface area (Å²) in [5.41, 5.74) is 0.855. The van der Waals surface area contributed by atoms with Gasteiger partial charge in [-0.15, -0.1) is 0 Å². The van der Waals surface area contributed by atoms with Crippen molar-refractivity contribution in [2.24, 2.45) is 12.0 Å². The van der Waals surface area contributed by atoms with Gasteiger partial charge in [-0.2, -0.15) is 5.10 Å². The number of benzene rings is 1. The van der Waals surface area contributed by atoms with E-state index in [1.54, 1.807) is 28.9 Å². The number of rotatable bonds is 3. The molecule has 0 bridgehead atoms. The van der Waals surface area contributed by atoms with Gasteiger partial charge in [-0.3, -0.25) is 4.99 Å². The lowest BCUT2D eigenvalue weighted by molar-refractivity contribution is 0.107. The van der Waals surface area contributed by atoms with Gasteiger partial charge in [0.2, 0.25) is 4.80 Å². The maximum Gasteiger partial charge on any atom is 0.203 e. The van der Waals surface area contributed by atoms with Crippen molar-refractivity contribution in [2.75, 3.05) is 6.26 Å². The van der Waals surface area contributed by atoms with Crippen LogP contribution in [0.4, 0.5) is 0 Å². The quantitative estimate of drug-likeness (QED) is 0.896. The number of sulfone groups is 1. The molecule has 0 amide bonds. The first kappa shape index (κ1) is 17.3. The summed E-state index contributed by atoms with van der Waals surface area (Å²) in [6.45, 7) is 0. The number of hydrogen-bond donors (Lipinski definition) is 1. The summed E-state index contributed by atoms with van der Waals surface area (Å²) < 4.78 is 24.8. The van der Waals surface area contributed by atoms with E-state index in [0.717, 1.165) is 41.1 Å². The molecule has 1 aromatic carbocycles. The Morgan fingerprint density at radius 3 is 2.54 bits per heavy atom. The molecule has 1 heterocycles. The maximum absolute atomic E-state index is 11.5. The second-order valence-corrected chi connectivity index (χ2v) is 9.13. The first-order chi connectivity index (χ1) is 11.3. The van der Waals surface area contributed by atoms with Crippen molar-refractivity contribution in [1.82, 2.24) is 9.78 Å². The van der Waals surface area contributed by atoms with Crippen LogP contribution in [0.1, 0.15) is 25.7 Å². The van der Waals surface area contributed by atoms with Crippen LogP contribution < -0.4 is 4.80 Å². The fourth-order valence-corrected chi connectivity index (χ4v) is 4.39. The van der Waals surface area contributed by atoms with Crippen LogP contribution in [-0.2, 0) is 16.9 Å². The maximum atomic E-state index is 11.5. The summed E-state index contributed by atoms with van der Waals surface area (Å²) in [5.74, 6) is 0. The van der Waals surface area contributed by atoms with Gasteiger partial charge in [-0.25, -0.2) is 13.1 Å². The molecule has 1 aliphatic carbocycles. The van der Waals surface area contributed by atoms with E-state index in [4.69, 9.17) is 0 Å². The fourth-order valence-electron chi connectivity index (χ4n) is 2.81. The van der Waals surface area contributed by atoms with Gasteiger partial charge in [0.1, 0.15) is 5.01 Å². The number of hydrogen-bond acceptors (Lipinski definition) is 6. The highest BCUT2D eigenvalue weighted by Crippen LogP contribution is 2.23. The van der Waals surface area contributed by atoms with Crippen molar-refractivity contribution in [1.29, 1.82) is 0 Å². The molecule has 0 aliphatic heterocycles. The number of nitrogens with zero attached hydrogens (tertiary/aromatic N) is 3. The zero-order valence-electron chi connectivity index (χ0n) is 13.7. The first-order valence-electron chi connectivity index (χ1n) is 7.91. The molecule has 6 nitrogen and oxygen atoms in total. The molecule has 1 unspecified atom stereocenters. The van der Waals surface area contributed by atoms with E-state index in [2.05, 4.69) is 10.1 Å². The molecule has 8 heteroatoms. The Morgan fingerprint density at radius 2 is 1.92 bits per heavy atom. The fraction of sp³-hybridized carbons (Fsp3) is 0.500. The van der Waals surface area contributed by atoms with Gasteiger partial charge >= 0.3 is 0 Å². The number of aromatic nitrogens is 2. The van der Waals surface area contributed by atoms with Gasteiger partial charge in [0.25, 0.3) is 0 Å². The van der Waals surface area contributed by atoms with Crippen LogP contribution in [0, 0.1) is 0 Å². The molecule has 0 saturated heterocycles. The van der Waals surface area contributed by atoms with Crippen LogP contribution >= 0.6 is 11.3 Å². The molecular formula is C16H21N3O3S2. The molecule has 2 aromatic rings. The summed E-state index contributed by atoms with van der Waals surface area (Å²) in [5, 5.41) is 15.3. The Kier molecular flexibility index (Phi) is 4.89. The van der Waals surface area contributed by atoms with Crippen LogP contribution in [0.5, 0.6) is 0 Å². The molecule has 0 radical (unpaired) electrons. The normalized spacial score (nSPS) is 22.7. The highest BCUT2D eigenvalue weighted by atomic mass is 32.2. The molecule has 0 spiro atoms. The van der Waals surface area contributed by atoms with Crippen molar-refractivity contribution >= 4 is 21.2 Å². The Labute approximate surface area is 145 Å². The van der Waals surface area contributed by atoms with E-state index in [0.29, 0.717) is 4.90 Å². The molecular weight excluding hydrogens is 346 g/mol. The van der Waals surface area contributed by atoms with Crippen molar-refractivity contribution in [3.05, 3.63) is 29.1 Å². The molecule has 130 valence electrons. The summed E-state index contributed by atoms with van der Waals surface area (Å²) >= 11 is 1.45. The molecule has 3 rings (SSSR count). The monoisotopic (exact) mass is 367 g/mol. The second kappa shape index (κ2) is 6.78. The predicted molar refractivity (Wildman–Crippen MR) is 93.5 cm³/mol. The van der Waals surface area contributed by atoms with E-state index < -0.39 is 9.84 Å². The minimum absolute atomic E-state index is 0.0640. The lowest BCUT2D eigenvalue weighted by atomic mass is 9.93. The standard InChI is InChI=1S/C16H21N3O3S2/c1-19-16(17-13-5-3-4-6-14(13)20)23-15(18-19)11-7-9-12(10-8-11)24(2,21)22/h7-10,13-14,20H,3-6H2,1-2H3/t13?,14-/m1/s1. The van der Waals surface area contributed by atoms with Gasteiger partial charge in [0.15, 0.2) is 9.84 Å². The Bertz CT molecular complexity index is 882. The molecule has 1 N–H and O–H groups in total. The van der Waals surface area contributed by atoms with E-state index in [9.17, 15) is 13.5 Å². The van der Waals surface area contributed by atoms with E-state index in [1.807, 2.05) is 7.05 Å². The lowest BCUT2D eigenvalue weighted by Crippen LogP contribution is -2.30. The minimum Gasteiger partial charge on any atom is -0.391 e. The molecule has 1 aliphatic rings. The highest BCUT2D eigenvalue weighted by molar-refractivity contribution is 7.90. The SMILES string of the molecule is Cn1nc(-c2ccc(S(C)(=O)=O)cc2)sc1=NC1CCCC[C@H]1O. The summed E-state index contributed by atoms with van der Waals surface area (Å²) in [6, 6.07) is 6.63. The van der Waals surface area contributed by atoms with Crippen molar-refractivity contribution < 1.29 is 13.5 Å². The van der Waals surface area contributed by atoms with E-state index >= 15 is 0 Å². The molecule has 1 saturated carbocycles. The zero-order chi connectivity index (χ0) is 17.3. The van der Waals surface area contributed by atoms with Crippen molar-refractivity contribution in [2.45, 2.75) is 42.7 Å². The smallest absolute Gasteiger partial charge is 0.203 e. The first-order valence-corrected chi connectivity index (χ1v) is 10.6. The Hall–Kier alpha value is -1.51. The largest absolute Gasteiger partial charge is 0.391 e. The van der Waals surface area contributed by atoms with E-state index in [1.165, 1.54) is 17.6 Å². The van der Waals surface area contributed by atoms with Gasteiger partial charge in [0, 0.05) is 18.9 Å². The van der Waals surface area contributed by atoms with Crippen LogP contribution in [-0.4, -0.2) is 41.7 Å². The Balaban J connectivity index is 1.91. The number of aliphatic hydroxyl groups is 1. The number of aryl methyl sites for hydroxylation is 1. The zero-order valence-corrected chi connectivity index (χ0v) is 15.3. The topological polar surface area (TPSA) is 84.5 Å². The van der Waals surface area contributed by atoms with Gasteiger partial charge in [-0.05, 0) is 25.0 Å². The average molecular weight is 367 g/mol. The molecule has 1 aromatic heterocycles. The number of aliphatic hydroxyl groups excluding tert-OH is 1. The third-order valence-electron chi connectivity index (χ3n) is 4.21. The Morgan fingerprint density at radius 1 is 1.25 bits per heavy atom.